The Balaban J connectivity index is 1.53. The molecule has 0 aromatic heterocycles. The van der Waals surface area contributed by atoms with Gasteiger partial charge in [0.15, 0.2) is 12.9 Å². The van der Waals surface area contributed by atoms with Gasteiger partial charge >= 0.3 is 5.97 Å². The second-order valence-electron chi connectivity index (χ2n) is 9.88. The predicted octanol–water partition coefficient (Wildman–Crippen LogP) is 5.81. The molecule has 4 aromatic rings. The van der Waals surface area contributed by atoms with Crippen molar-refractivity contribution in [3.8, 4) is 16.9 Å². The lowest BCUT2D eigenvalue weighted by atomic mass is 9.95. The van der Waals surface area contributed by atoms with E-state index in [1.807, 2.05) is 78.9 Å². The lowest BCUT2D eigenvalue weighted by molar-refractivity contribution is -0.149. The Morgan fingerprint density at radius 2 is 1.62 bits per heavy atom. The Morgan fingerprint density at radius 1 is 0.857 bits per heavy atom. The number of hydrogen-bond donors (Lipinski definition) is 1. The van der Waals surface area contributed by atoms with E-state index in [4.69, 9.17) is 18.9 Å². The highest BCUT2D eigenvalue weighted by atomic mass is 16.7. The van der Waals surface area contributed by atoms with Crippen molar-refractivity contribution >= 4 is 22.6 Å². The summed E-state index contributed by atoms with van der Waals surface area (Å²) in [5.74, 6) is -0.476. The maximum atomic E-state index is 13.5. The lowest BCUT2D eigenvalue weighted by Gasteiger charge is -2.22. The zero-order valence-corrected chi connectivity index (χ0v) is 24.2. The number of amides is 1. The van der Waals surface area contributed by atoms with E-state index in [1.54, 1.807) is 32.0 Å². The molecule has 0 aliphatic heterocycles. The molecule has 4 aromatic carbocycles. The van der Waals surface area contributed by atoms with Gasteiger partial charge in [0.1, 0.15) is 5.75 Å². The Labute approximate surface area is 246 Å². The highest BCUT2D eigenvalue weighted by Crippen LogP contribution is 2.26. The van der Waals surface area contributed by atoms with Crippen LogP contribution in [-0.4, -0.2) is 68.8 Å². The molecular formula is C34H37NO7. The monoisotopic (exact) mass is 571 g/mol. The molecule has 4 rings (SSSR count). The van der Waals surface area contributed by atoms with E-state index in [9.17, 15) is 14.7 Å². The summed E-state index contributed by atoms with van der Waals surface area (Å²) in [5.41, 5.74) is 4.28. The molecule has 0 saturated carbocycles. The first-order valence-electron chi connectivity index (χ1n) is 13.9. The van der Waals surface area contributed by atoms with Crippen LogP contribution in [0.1, 0.15) is 28.4 Å². The Bertz CT molecular complexity index is 1490. The minimum atomic E-state index is -1.01. The third kappa shape index (κ3) is 8.16. The normalized spacial score (nSPS) is 11.8. The standard InChI is InChI=1S/C34H37NO7/c1-4-41-32(34(37)38)21-28-11-10-25(24-8-6-5-7-9-24)19-30(28)22-35(2)33(36)29-13-12-27-20-31(15-14-26(27)18-29)42-23-40-17-16-39-3/h5-15,18-20,32H,4,16-17,21-23H2,1-3H3,(H,37,38)/t32-/m0/s1. The van der Waals surface area contributed by atoms with Gasteiger partial charge in [-0.3, -0.25) is 4.79 Å². The molecule has 1 atom stereocenters. The van der Waals surface area contributed by atoms with Gasteiger partial charge in [-0.2, -0.15) is 0 Å². The van der Waals surface area contributed by atoms with E-state index in [-0.39, 0.29) is 19.1 Å². The largest absolute Gasteiger partial charge is 0.479 e. The molecule has 8 heteroatoms. The van der Waals surface area contributed by atoms with Gasteiger partial charge in [0, 0.05) is 39.3 Å². The highest BCUT2D eigenvalue weighted by Gasteiger charge is 2.21. The van der Waals surface area contributed by atoms with Crippen LogP contribution >= 0.6 is 0 Å². The summed E-state index contributed by atoms with van der Waals surface area (Å²) in [4.78, 5) is 27.0. The van der Waals surface area contributed by atoms with Gasteiger partial charge < -0.3 is 29.0 Å². The second kappa shape index (κ2) is 15.1. The Morgan fingerprint density at radius 3 is 2.36 bits per heavy atom. The molecule has 1 amide bonds. The summed E-state index contributed by atoms with van der Waals surface area (Å²) in [7, 11) is 3.37. The molecule has 0 bridgehead atoms. The van der Waals surface area contributed by atoms with Crippen LogP contribution in [0.15, 0.2) is 84.9 Å². The van der Waals surface area contributed by atoms with Crippen LogP contribution in [0.2, 0.25) is 0 Å². The molecule has 8 nitrogen and oxygen atoms in total. The number of aliphatic carboxylic acids is 1. The molecule has 1 N–H and O–H groups in total. The number of fused-ring (bicyclic) bond motifs is 1. The van der Waals surface area contributed by atoms with Crippen LogP contribution in [0.5, 0.6) is 5.75 Å². The van der Waals surface area contributed by atoms with Crippen LogP contribution < -0.4 is 4.74 Å². The molecule has 0 spiro atoms. The number of hydrogen-bond acceptors (Lipinski definition) is 6. The first-order chi connectivity index (χ1) is 20.4. The number of rotatable bonds is 15. The number of carbonyl (C=O) groups excluding carboxylic acids is 1. The topological polar surface area (TPSA) is 94.5 Å². The van der Waals surface area contributed by atoms with Crippen molar-refractivity contribution in [2.75, 3.05) is 40.8 Å². The lowest BCUT2D eigenvalue weighted by Crippen LogP contribution is -2.29. The summed E-state index contributed by atoms with van der Waals surface area (Å²) in [6, 6.07) is 27.1. The van der Waals surface area contributed by atoms with Crippen molar-refractivity contribution in [2.24, 2.45) is 0 Å². The van der Waals surface area contributed by atoms with Crippen molar-refractivity contribution in [2.45, 2.75) is 26.0 Å². The fourth-order valence-electron chi connectivity index (χ4n) is 4.71. The number of carboxylic acid groups (broad SMARTS) is 1. The van der Waals surface area contributed by atoms with Gasteiger partial charge in [-0.1, -0.05) is 54.6 Å². The molecule has 0 saturated heterocycles. The summed E-state index contributed by atoms with van der Waals surface area (Å²) < 4.78 is 21.5. The van der Waals surface area contributed by atoms with Gasteiger partial charge in [0.2, 0.25) is 0 Å². The molecule has 0 fully saturated rings. The third-order valence-electron chi connectivity index (χ3n) is 6.92. The van der Waals surface area contributed by atoms with Gasteiger partial charge in [-0.05, 0) is 70.3 Å². The minimum Gasteiger partial charge on any atom is -0.479 e. The van der Waals surface area contributed by atoms with Crippen molar-refractivity contribution in [3.63, 3.8) is 0 Å². The Kier molecular flexibility index (Phi) is 11.1. The van der Waals surface area contributed by atoms with Crippen molar-refractivity contribution < 1.29 is 33.6 Å². The van der Waals surface area contributed by atoms with Crippen molar-refractivity contribution in [1.29, 1.82) is 0 Å². The SMILES string of the molecule is CCO[C@@H](Cc1ccc(-c2ccccc2)cc1CN(C)C(=O)c1ccc2cc(OCOCCOC)ccc2c1)C(=O)O. The van der Waals surface area contributed by atoms with Crippen LogP contribution in [0, 0.1) is 0 Å². The number of carboxylic acids is 1. The summed E-state index contributed by atoms with van der Waals surface area (Å²) >= 11 is 0. The number of benzene rings is 4. The molecule has 0 unspecified atom stereocenters. The average molecular weight is 572 g/mol. The van der Waals surface area contributed by atoms with E-state index >= 15 is 0 Å². The smallest absolute Gasteiger partial charge is 0.333 e. The fourth-order valence-corrected chi connectivity index (χ4v) is 4.71. The molecule has 0 heterocycles. The highest BCUT2D eigenvalue weighted by molar-refractivity contribution is 5.98. The molecular weight excluding hydrogens is 534 g/mol. The van der Waals surface area contributed by atoms with E-state index in [2.05, 4.69) is 0 Å². The molecule has 0 aliphatic carbocycles. The first kappa shape index (κ1) is 30.7. The average Bonchev–Trinajstić information content (AvgIpc) is 3.01. The van der Waals surface area contributed by atoms with Crippen molar-refractivity contribution in [1.82, 2.24) is 4.90 Å². The fraction of sp³-hybridized carbons (Fsp3) is 0.294. The van der Waals surface area contributed by atoms with E-state index in [0.717, 1.165) is 33.0 Å². The molecule has 220 valence electrons. The van der Waals surface area contributed by atoms with Crippen LogP contribution in [0.25, 0.3) is 21.9 Å². The van der Waals surface area contributed by atoms with Gasteiger partial charge in [0.25, 0.3) is 5.91 Å². The summed E-state index contributed by atoms with van der Waals surface area (Å²) in [6.45, 7) is 3.46. The minimum absolute atomic E-state index is 0.126. The molecule has 0 radical (unpaired) electrons. The summed E-state index contributed by atoms with van der Waals surface area (Å²) in [6.07, 6.45) is -0.767. The van der Waals surface area contributed by atoms with Gasteiger partial charge in [-0.15, -0.1) is 0 Å². The number of ether oxygens (including phenoxy) is 4. The number of nitrogens with zero attached hydrogens (tertiary/aromatic N) is 1. The second-order valence-corrected chi connectivity index (χ2v) is 9.88. The maximum absolute atomic E-state index is 13.5. The predicted molar refractivity (Wildman–Crippen MR) is 162 cm³/mol. The molecule has 0 aliphatic rings. The van der Waals surface area contributed by atoms with E-state index in [0.29, 0.717) is 37.7 Å². The van der Waals surface area contributed by atoms with Crippen molar-refractivity contribution in [3.05, 3.63) is 102 Å². The van der Waals surface area contributed by atoms with E-state index in [1.165, 1.54) is 0 Å². The van der Waals surface area contributed by atoms with Crippen LogP contribution in [-0.2, 0) is 32.0 Å². The number of methoxy groups -OCH3 is 1. The maximum Gasteiger partial charge on any atom is 0.333 e. The zero-order valence-electron chi connectivity index (χ0n) is 24.2. The number of carbonyl (C=O) groups is 2. The molecule has 42 heavy (non-hydrogen) atoms. The Hall–Kier alpha value is -4.24. The third-order valence-corrected chi connectivity index (χ3v) is 6.92. The van der Waals surface area contributed by atoms with E-state index < -0.39 is 12.1 Å². The van der Waals surface area contributed by atoms with Crippen LogP contribution in [0.3, 0.4) is 0 Å². The summed E-state index contributed by atoms with van der Waals surface area (Å²) in [5, 5.41) is 11.5. The zero-order chi connectivity index (χ0) is 29.9. The first-order valence-corrected chi connectivity index (χ1v) is 13.9. The van der Waals surface area contributed by atoms with Crippen LogP contribution in [0.4, 0.5) is 0 Å². The quantitative estimate of drug-likeness (QED) is 0.142. The van der Waals surface area contributed by atoms with Gasteiger partial charge in [-0.25, -0.2) is 4.79 Å². The van der Waals surface area contributed by atoms with Gasteiger partial charge in [0.05, 0.1) is 13.2 Å².